The van der Waals surface area contributed by atoms with Gasteiger partial charge in [0.15, 0.2) is 0 Å². The summed E-state index contributed by atoms with van der Waals surface area (Å²) in [5.74, 6) is 0.00695. The van der Waals surface area contributed by atoms with E-state index in [2.05, 4.69) is 15.6 Å². The maximum atomic E-state index is 12.4. The minimum absolute atomic E-state index is 0.00695. The van der Waals surface area contributed by atoms with Crippen LogP contribution in [-0.2, 0) is 0 Å². The van der Waals surface area contributed by atoms with Gasteiger partial charge in [-0.25, -0.2) is 4.98 Å². The summed E-state index contributed by atoms with van der Waals surface area (Å²) >= 11 is 0. The smallest absolute Gasteiger partial charge is 0.251 e. The molecule has 0 radical (unpaired) electrons. The predicted octanol–water partition coefficient (Wildman–Crippen LogP) is 1.27. The van der Waals surface area contributed by atoms with Crippen LogP contribution in [0.15, 0.2) is 24.5 Å². The lowest BCUT2D eigenvalue weighted by Crippen LogP contribution is -2.42. The number of amides is 1. The van der Waals surface area contributed by atoms with Crippen molar-refractivity contribution in [2.75, 3.05) is 0 Å². The van der Waals surface area contributed by atoms with Crippen molar-refractivity contribution in [1.82, 2.24) is 20.0 Å². The second-order valence-corrected chi connectivity index (χ2v) is 5.93. The first-order chi connectivity index (χ1) is 9.69. The van der Waals surface area contributed by atoms with E-state index in [-0.39, 0.29) is 11.9 Å². The Morgan fingerprint density at radius 2 is 2.40 bits per heavy atom. The summed E-state index contributed by atoms with van der Waals surface area (Å²) in [6.07, 6.45) is 7.33. The molecular formula is C15H18N4O. The molecule has 5 heteroatoms. The summed E-state index contributed by atoms with van der Waals surface area (Å²) in [6.45, 7) is 1.95. The highest BCUT2D eigenvalue weighted by atomic mass is 16.1. The molecule has 2 saturated heterocycles. The van der Waals surface area contributed by atoms with Crippen molar-refractivity contribution in [2.24, 2.45) is 0 Å². The first-order valence-corrected chi connectivity index (χ1v) is 7.21. The summed E-state index contributed by atoms with van der Waals surface area (Å²) in [7, 11) is 0. The molecule has 2 aromatic rings. The Bertz CT molecular complexity index is 678. The number of pyridine rings is 1. The Hall–Kier alpha value is -1.88. The van der Waals surface area contributed by atoms with Crippen LogP contribution in [0, 0.1) is 6.92 Å². The van der Waals surface area contributed by atoms with Crippen LogP contribution in [0.3, 0.4) is 0 Å². The molecule has 4 heterocycles. The number of carbonyl (C=O) groups is 1. The summed E-state index contributed by atoms with van der Waals surface area (Å²) in [5, 5.41) is 6.70. The number of nitrogens with zero attached hydrogens (tertiary/aromatic N) is 2. The molecule has 1 amide bonds. The average molecular weight is 270 g/mol. The molecule has 2 fully saturated rings. The van der Waals surface area contributed by atoms with Gasteiger partial charge in [0.2, 0.25) is 0 Å². The number of aromatic nitrogens is 2. The minimum Gasteiger partial charge on any atom is -0.348 e. The number of hydrogen-bond donors (Lipinski definition) is 2. The van der Waals surface area contributed by atoms with Crippen LogP contribution >= 0.6 is 0 Å². The van der Waals surface area contributed by atoms with Crippen LogP contribution in [0.25, 0.3) is 5.65 Å². The molecule has 5 nitrogen and oxygen atoms in total. The fourth-order valence-corrected chi connectivity index (χ4v) is 3.49. The van der Waals surface area contributed by atoms with Crippen molar-refractivity contribution in [3.8, 4) is 0 Å². The van der Waals surface area contributed by atoms with Gasteiger partial charge < -0.3 is 15.0 Å². The zero-order valence-electron chi connectivity index (χ0n) is 11.5. The lowest BCUT2D eigenvalue weighted by Gasteiger charge is -2.21. The van der Waals surface area contributed by atoms with Crippen LogP contribution in [0.2, 0.25) is 0 Å². The van der Waals surface area contributed by atoms with E-state index < -0.39 is 0 Å². The third-order valence-electron chi connectivity index (χ3n) is 4.46. The number of rotatable bonds is 2. The van der Waals surface area contributed by atoms with Gasteiger partial charge in [0.1, 0.15) is 5.65 Å². The predicted molar refractivity (Wildman–Crippen MR) is 75.7 cm³/mol. The van der Waals surface area contributed by atoms with E-state index in [1.165, 1.54) is 12.8 Å². The van der Waals surface area contributed by atoms with Gasteiger partial charge in [0.05, 0.1) is 5.69 Å². The van der Waals surface area contributed by atoms with Crippen molar-refractivity contribution >= 4 is 11.6 Å². The molecule has 2 aliphatic rings. The number of aryl methyl sites for hydroxylation is 1. The Kier molecular flexibility index (Phi) is 2.57. The Morgan fingerprint density at radius 3 is 3.15 bits per heavy atom. The van der Waals surface area contributed by atoms with Gasteiger partial charge in [-0.1, -0.05) is 0 Å². The second kappa shape index (κ2) is 4.31. The van der Waals surface area contributed by atoms with Crippen molar-refractivity contribution < 1.29 is 4.79 Å². The molecule has 0 aromatic carbocycles. The summed E-state index contributed by atoms with van der Waals surface area (Å²) in [4.78, 5) is 16.7. The molecule has 3 atom stereocenters. The van der Waals surface area contributed by atoms with Crippen molar-refractivity contribution in [1.29, 1.82) is 0 Å². The topological polar surface area (TPSA) is 58.4 Å². The number of imidazole rings is 1. The number of nitrogens with one attached hydrogen (secondary N) is 2. The summed E-state index contributed by atoms with van der Waals surface area (Å²) in [5.41, 5.74) is 2.46. The number of fused-ring (bicyclic) bond motifs is 3. The lowest BCUT2D eigenvalue weighted by molar-refractivity contribution is 0.0931. The molecule has 0 unspecified atom stereocenters. The zero-order valence-corrected chi connectivity index (χ0v) is 11.5. The van der Waals surface area contributed by atoms with E-state index in [0.29, 0.717) is 17.6 Å². The third kappa shape index (κ3) is 1.89. The molecule has 0 saturated carbocycles. The zero-order chi connectivity index (χ0) is 13.7. The molecule has 2 N–H and O–H groups in total. The van der Waals surface area contributed by atoms with Crippen molar-refractivity contribution in [3.05, 3.63) is 35.8 Å². The quantitative estimate of drug-likeness (QED) is 0.864. The fraction of sp³-hybridized carbons (Fsp3) is 0.467. The largest absolute Gasteiger partial charge is 0.348 e. The highest BCUT2D eigenvalue weighted by Gasteiger charge is 2.39. The SMILES string of the molecule is Cc1cn2ccc(C(=O)N[C@@H]3C[C@H]4CC[C@@H]3N4)cc2n1. The summed E-state index contributed by atoms with van der Waals surface area (Å²) < 4.78 is 1.94. The van der Waals surface area contributed by atoms with Gasteiger partial charge in [-0.05, 0) is 38.3 Å². The van der Waals surface area contributed by atoms with Gasteiger partial charge in [-0.3, -0.25) is 4.79 Å². The molecule has 0 aliphatic carbocycles. The molecule has 2 aromatic heterocycles. The van der Waals surface area contributed by atoms with Crippen LogP contribution in [0.1, 0.15) is 35.3 Å². The monoisotopic (exact) mass is 270 g/mol. The van der Waals surface area contributed by atoms with E-state index in [1.54, 1.807) is 0 Å². The van der Waals surface area contributed by atoms with Crippen LogP contribution < -0.4 is 10.6 Å². The Balaban J connectivity index is 1.54. The Labute approximate surface area is 117 Å². The van der Waals surface area contributed by atoms with Crippen LogP contribution in [-0.4, -0.2) is 33.4 Å². The fourth-order valence-electron chi connectivity index (χ4n) is 3.49. The van der Waals surface area contributed by atoms with E-state index in [9.17, 15) is 4.79 Å². The van der Waals surface area contributed by atoms with E-state index in [0.717, 1.165) is 17.8 Å². The summed E-state index contributed by atoms with van der Waals surface area (Å²) in [6, 6.07) is 5.04. The van der Waals surface area contributed by atoms with Gasteiger partial charge in [-0.15, -0.1) is 0 Å². The van der Waals surface area contributed by atoms with Gasteiger partial charge in [0.25, 0.3) is 5.91 Å². The molecule has 104 valence electrons. The standard InChI is InChI=1S/C15H18N4O/c1-9-8-19-5-4-10(6-14(19)16-9)15(20)18-13-7-11-2-3-12(13)17-11/h4-6,8,11-13,17H,2-3,7H2,1H3,(H,18,20)/t11-,12+,13-/m1/s1. The third-order valence-corrected chi connectivity index (χ3v) is 4.46. The molecule has 2 aliphatic heterocycles. The maximum absolute atomic E-state index is 12.4. The molecule has 2 bridgehead atoms. The Morgan fingerprint density at radius 1 is 1.50 bits per heavy atom. The van der Waals surface area contributed by atoms with Crippen molar-refractivity contribution in [2.45, 2.75) is 44.3 Å². The van der Waals surface area contributed by atoms with Gasteiger partial charge >= 0.3 is 0 Å². The molecule has 20 heavy (non-hydrogen) atoms. The first-order valence-electron chi connectivity index (χ1n) is 7.21. The maximum Gasteiger partial charge on any atom is 0.251 e. The molecular weight excluding hydrogens is 252 g/mol. The number of carbonyl (C=O) groups excluding carboxylic acids is 1. The van der Waals surface area contributed by atoms with Crippen molar-refractivity contribution in [3.63, 3.8) is 0 Å². The highest BCUT2D eigenvalue weighted by molar-refractivity contribution is 5.95. The second-order valence-electron chi connectivity index (χ2n) is 5.93. The van der Waals surface area contributed by atoms with Crippen LogP contribution in [0.5, 0.6) is 0 Å². The first kappa shape index (κ1) is 11.9. The minimum atomic E-state index is 0.00695. The molecule has 0 spiro atoms. The lowest BCUT2D eigenvalue weighted by atomic mass is 9.95. The average Bonchev–Trinajstić information content (AvgIpc) is 3.10. The number of hydrogen-bond acceptors (Lipinski definition) is 3. The van der Waals surface area contributed by atoms with E-state index in [1.807, 2.05) is 35.9 Å². The normalized spacial score (nSPS) is 28.1. The van der Waals surface area contributed by atoms with Gasteiger partial charge in [-0.2, -0.15) is 0 Å². The molecule has 4 rings (SSSR count). The van der Waals surface area contributed by atoms with E-state index in [4.69, 9.17) is 0 Å². The van der Waals surface area contributed by atoms with E-state index >= 15 is 0 Å². The highest BCUT2D eigenvalue weighted by Crippen LogP contribution is 2.28. The van der Waals surface area contributed by atoms with Crippen LogP contribution in [0.4, 0.5) is 0 Å². The van der Waals surface area contributed by atoms with Gasteiger partial charge in [0, 0.05) is 36.1 Å².